The highest BCUT2D eigenvalue weighted by atomic mass is 127. The monoisotopic (exact) mass is 513 g/mol. The number of hydrogen-bond acceptors (Lipinski definition) is 4. The number of fused-ring (bicyclic) bond motifs is 2. The van der Waals surface area contributed by atoms with Crippen LogP contribution in [0.25, 0.3) is 4.96 Å². The van der Waals surface area contributed by atoms with E-state index in [1.54, 1.807) is 11.3 Å². The number of nitrogens with zero attached hydrogens (tertiary/aromatic N) is 5. The van der Waals surface area contributed by atoms with E-state index in [0.29, 0.717) is 18.6 Å². The number of imidazole rings is 1. The van der Waals surface area contributed by atoms with Gasteiger partial charge < -0.3 is 10.6 Å². The number of rotatable bonds is 5. The van der Waals surface area contributed by atoms with Crippen molar-refractivity contribution < 1.29 is 0 Å². The molecule has 7 nitrogen and oxygen atoms in total. The highest BCUT2D eigenvalue weighted by Gasteiger charge is 2.23. The molecule has 1 aliphatic rings. The predicted octanol–water partition coefficient (Wildman–Crippen LogP) is 3.40. The predicted molar refractivity (Wildman–Crippen MR) is 125 cm³/mol. The van der Waals surface area contributed by atoms with Crippen LogP contribution in [0.1, 0.15) is 50.2 Å². The van der Waals surface area contributed by atoms with E-state index >= 15 is 0 Å². The lowest BCUT2D eigenvalue weighted by Crippen LogP contribution is -2.45. The molecule has 1 aliphatic carbocycles. The average Bonchev–Trinajstić information content (AvgIpc) is 3.33. The summed E-state index contributed by atoms with van der Waals surface area (Å²) in [5.74, 6) is 0.852. The van der Waals surface area contributed by atoms with Crippen molar-refractivity contribution in [1.29, 1.82) is 0 Å². The van der Waals surface area contributed by atoms with Gasteiger partial charge in [-0.05, 0) is 39.2 Å². The maximum atomic E-state index is 4.77. The van der Waals surface area contributed by atoms with Crippen LogP contribution in [0.4, 0.5) is 0 Å². The van der Waals surface area contributed by atoms with Crippen LogP contribution in [-0.2, 0) is 19.4 Å². The van der Waals surface area contributed by atoms with Crippen molar-refractivity contribution in [3.63, 3.8) is 0 Å². The minimum Gasteiger partial charge on any atom is -0.357 e. The number of thiazole rings is 1. The van der Waals surface area contributed by atoms with Gasteiger partial charge in [-0.25, -0.2) is 9.98 Å². The molecule has 9 heteroatoms. The third-order valence-corrected chi connectivity index (χ3v) is 5.62. The Morgan fingerprint density at radius 3 is 3.00 bits per heavy atom. The molecule has 2 N–H and O–H groups in total. The summed E-state index contributed by atoms with van der Waals surface area (Å²) in [5.41, 5.74) is 3.60. The van der Waals surface area contributed by atoms with Crippen LogP contribution in [0.3, 0.4) is 0 Å². The Morgan fingerprint density at radius 2 is 2.25 bits per heavy atom. The molecule has 0 bridgehead atoms. The molecule has 152 valence electrons. The van der Waals surface area contributed by atoms with Gasteiger partial charge in [0.25, 0.3) is 0 Å². The van der Waals surface area contributed by atoms with Crippen LogP contribution in [0.2, 0.25) is 0 Å². The number of aromatic nitrogens is 4. The van der Waals surface area contributed by atoms with E-state index in [4.69, 9.17) is 10.1 Å². The largest absolute Gasteiger partial charge is 0.357 e. The summed E-state index contributed by atoms with van der Waals surface area (Å²) < 4.78 is 4.13. The fourth-order valence-corrected chi connectivity index (χ4v) is 4.14. The van der Waals surface area contributed by atoms with Crippen molar-refractivity contribution in [1.82, 2.24) is 29.8 Å². The van der Waals surface area contributed by atoms with Gasteiger partial charge in [-0.1, -0.05) is 0 Å². The van der Waals surface area contributed by atoms with Crippen molar-refractivity contribution in [2.24, 2.45) is 4.99 Å². The minimum atomic E-state index is 0. The molecular formula is C19H28IN7S. The van der Waals surface area contributed by atoms with Crippen LogP contribution in [0, 0.1) is 0 Å². The third kappa shape index (κ3) is 4.68. The van der Waals surface area contributed by atoms with Gasteiger partial charge in [-0.2, -0.15) is 5.10 Å². The smallest absolute Gasteiger partial charge is 0.193 e. The molecule has 0 amide bonds. The maximum Gasteiger partial charge on any atom is 0.193 e. The molecule has 3 heterocycles. The van der Waals surface area contributed by atoms with Crippen LogP contribution in [0.5, 0.6) is 0 Å². The van der Waals surface area contributed by atoms with Gasteiger partial charge in [-0.3, -0.25) is 9.08 Å². The first kappa shape index (κ1) is 21.1. The van der Waals surface area contributed by atoms with E-state index in [-0.39, 0.29) is 24.0 Å². The first-order valence-electron chi connectivity index (χ1n) is 9.65. The summed E-state index contributed by atoms with van der Waals surface area (Å²) >= 11 is 1.64. The van der Waals surface area contributed by atoms with Crippen LogP contribution in [-0.4, -0.2) is 37.7 Å². The standard InChI is InChI=1S/C19H27N7S.HI/c1-4-20-18(21-10-16-12-25-7-8-27-19(25)23-16)22-15-6-5-14-11-26(13(2)3)24-17(14)9-15;/h7-8,11-13,15H,4-6,9-10H2,1-3H3,(H2,20,21,22);1H. The average molecular weight is 513 g/mol. The Hall–Kier alpha value is -1.62. The second-order valence-corrected chi connectivity index (χ2v) is 8.15. The quantitative estimate of drug-likeness (QED) is 0.312. The topological polar surface area (TPSA) is 71.5 Å². The zero-order valence-electron chi connectivity index (χ0n) is 16.6. The van der Waals surface area contributed by atoms with E-state index in [1.807, 2.05) is 22.2 Å². The van der Waals surface area contributed by atoms with E-state index in [0.717, 1.165) is 42.4 Å². The van der Waals surface area contributed by atoms with Gasteiger partial charge in [0.1, 0.15) is 0 Å². The summed E-state index contributed by atoms with van der Waals surface area (Å²) in [6.45, 7) is 7.84. The lowest BCUT2D eigenvalue weighted by atomic mass is 9.94. The molecule has 4 rings (SSSR count). The highest BCUT2D eigenvalue weighted by Crippen LogP contribution is 2.21. The Kier molecular flexibility index (Phi) is 6.97. The Labute approximate surface area is 186 Å². The van der Waals surface area contributed by atoms with Gasteiger partial charge in [-0.15, -0.1) is 35.3 Å². The van der Waals surface area contributed by atoms with E-state index in [9.17, 15) is 0 Å². The first-order chi connectivity index (χ1) is 13.1. The number of halogens is 1. The summed E-state index contributed by atoms with van der Waals surface area (Å²) in [6.07, 6.45) is 9.39. The van der Waals surface area contributed by atoms with E-state index < -0.39 is 0 Å². The fraction of sp³-hybridized carbons (Fsp3) is 0.526. The molecule has 3 aromatic rings. The molecule has 0 fully saturated rings. The normalized spacial score (nSPS) is 16.9. The first-order valence-corrected chi connectivity index (χ1v) is 10.5. The van der Waals surface area contributed by atoms with Gasteiger partial charge in [0.15, 0.2) is 10.9 Å². The number of nitrogens with one attached hydrogen (secondary N) is 2. The third-order valence-electron chi connectivity index (χ3n) is 4.85. The number of hydrogen-bond donors (Lipinski definition) is 2. The van der Waals surface area contributed by atoms with Gasteiger partial charge >= 0.3 is 0 Å². The summed E-state index contributed by atoms with van der Waals surface area (Å²) in [6, 6.07) is 0.766. The Bertz CT molecular complexity index is 911. The summed E-state index contributed by atoms with van der Waals surface area (Å²) in [7, 11) is 0. The molecule has 0 saturated carbocycles. The molecule has 1 atom stereocenters. The second kappa shape index (κ2) is 9.25. The zero-order chi connectivity index (χ0) is 18.8. The molecule has 0 saturated heterocycles. The molecular weight excluding hydrogens is 485 g/mol. The van der Waals surface area contributed by atoms with Crippen LogP contribution < -0.4 is 10.6 Å². The molecule has 28 heavy (non-hydrogen) atoms. The van der Waals surface area contributed by atoms with Gasteiger partial charge in [0.2, 0.25) is 0 Å². The van der Waals surface area contributed by atoms with E-state index in [2.05, 4.69) is 47.3 Å². The van der Waals surface area contributed by atoms with Crippen molar-refractivity contribution in [3.05, 3.63) is 40.9 Å². The van der Waals surface area contributed by atoms with Gasteiger partial charge in [0.05, 0.1) is 17.9 Å². The lowest BCUT2D eigenvalue weighted by molar-refractivity contribution is 0.499. The molecule has 0 aliphatic heterocycles. The van der Waals surface area contributed by atoms with E-state index in [1.165, 1.54) is 11.3 Å². The molecule has 0 spiro atoms. The molecule has 0 radical (unpaired) electrons. The SMILES string of the molecule is CCNC(=NCc1cn2ccsc2n1)NC1CCc2cn(C(C)C)nc2C1.I. The maximum absolute atomic E-state index is 4.77. The number of guanidine groups is 1. The number of aliphatic imine (C=N–C) groups is 1. The Morgan fingerprint density at radius 1 is 1.39 bits per heavy atom. The summed E-state index contributed by atoms with van der Waals surface area (Å²) in [5, 5.41) is 13.8. The summed E-state index contributed by atoms with van der Waals surface area (Å²) in [4.78, 5) is 10.4. The van der Waals surface area contributed by atoms with Crippen molar-refractivity contribution in [2.75, 3.05) is 6.54 Å². The fourth-order valence-electron chi connectivity index (χ4n) is 3.43. The molecule has 3 aromatic heterocycles. The molecule has 0 aromatic carbocycles. The van der Waals surface area contributed by atoms with Crippen molar-refractivity contribution >= 4 is 46.2 Å². The van der Waals surface area contributed by atoms with Crippen LogP contribution in [0.15, 0.2) is 29.0 Å². The van der Waals surface area contributed by atoms with Crippen molar-refractivity contribution in [2.45, 2.75) is 58.7 Å². The minimum absolute atomic E-state index is 0. The Balaban J connectivity index is 0.00000225. The van der Waals surface area contributed by atoms with Crippen LogP contribution >= 0.6 is 35.3 Å². The molecule has 1 unspecified atom stereocenters. The van der Waals surface area contributed by atoms with Crippen molar-refractivity contribution in [3.8, 4) is 0 Å². The van der Waals surface area contributed by atoms with Gasteiger partial charge in [0, 0.05) is 49.0 Å². The number of aryl methyl sites for hydroxylation is 1. The zero-order valence-corrected chi connectivity index (χ0v) is 19.7. The second-order valence-electron chi connectivity index (χ2n) is 7.28. The lowest BCUT2D eigenvalue weighted by Gasteiger charge is -2.24. The highest BCUT2D eigenvalue weighted by molar-refractivity contribution is 14.0.